The third kappa shape index (κ3) is 0.794. The molecule has 0 atom stereocenters. The number of nitrogens with zero attached hydrogens (tertiary/aromatic N) is 3. The predicted molar refractivity (Wildman–Crippen MR) is 75.7 cm³/mol. The Hall–Kier alpha value is -2.42. The highest BCUT2D eigenvalue weighted by atomic mass is 15.4. The second-order valence-corrected chi connectivity index (χ2v) is 6.08. The van der Waals surface area contributed by atoms with Crippen molar-refractivity contribution in [2.45, 2.75) is 20.0 Å². The van der Waals surface area contributed by atoms with Crippen LogP contribution in [0.15, 0.2) is 36.7 Å². The lowest BCUT2D eigenvalue weighted by molar-refractivity contribution is -0.806. The Labute approximate surface area is 115 Å². The molecule has 0 unspecified atom stereocenters. The van der Waals surface area contributed by atoms with Crippen LogP contribution in [0.5, 0.6) is 0 Å². The van der Waals surface area contributed by atoms with E-state index in [0.29, 0.717) is 0 Å². The summed E-state index contributed by atoms with van der Waals surface area (Å²) in [6.45, 7) is 4.23. The molecule has 0 saturated carbocycles. The van der Waals surface area contributed by atoms with E-state index < -0.39 is 0 Å². The summed E-state index contributed by atoms with van der Waals surface area (Å²) in [6.07, 6.45) is 2.27. The van der Waals surface area contributed by atoms with Gasteiger partial charge in [-0.3, -0.25) is 0 Å². The number of pyridine rings is 1. The third-order valence-corrected chi connectivity index (χ3v) is 5.00. The summed E-state index contributed by atoms with van der Waals surface area (Å²) in [7, 11) is 0. The van der Waals surface area contributed by atoms with Crippen molar-refractivity contribution in [2.24, 2.45) is 0 Å². The molecule has 0 amide bonds. The first-order valence-corrected chi connectivity index (χ1v) is 7.13. The van der Waals surface area contributed by atoms with Crippen LogP contribution in [0.1, 0.15) is 16.7 Å². The minimum Gasteiger partial charge on any atom is -0.116 e. The summed E-state index contributed by atoms with van der Waals surface area (Å²) in [4.78, 5) is 0. The van der Waals surface area contributed by atoms with E-state index in [1.165, 1.54) is 44.0 Å². The summed E-state index contributed by atoms with van der Waals surface area (Å²) in [6, 6.07) is 11.3. The topological polar surface area (TPSA) is 12.2 Å². The highest BCUT2D eigenvalue weighted by molar-refractivity contribution is 6.14. The number of hydrogen-bond donors (Lipinski definition) is 0. The summed E-state index contributed by atoms with van der Waals surface area (Å²) >= 11 is 0. The van der Waals surface area contributed by atoms with Crippen LogP contribution in [0.4, 0.5) is 0 Å². The Morgan fingerprint density at radius 1 is 1.00 bits per heavy atom. The fraction of sp³-hybridized carbons (Fsp3) is 0.176. The van der Waals surface area contributed by atoms with E-state index in [1.807, 2.05) is 0 Å². The molecule has 6 rings (SSSR count). The molecule has 0 fully saturated rings. The molecule has 3 heteroatoms. The van der Waals surface area contributed by atoms with Gasteiger partial charge in [0.1, 0.15) is 5.52 Å². The summed E-state index contributed by atoms with van der Waals surface area (Å²) < 4.78 is 7.17. The minimum absolute atomic E-state index is 0.992. The normalized spacial score (nSPS) is 14.8. The molecule has 0 radical (unpaired) electrons. The molecular formula is C17H13N3+2. The molecule has 0 spiro atoms. The summed E-state index contributed by atoms with van der Waals surface area (Å²) in [5.41, 5.74) is 7.05. The van der Waals surface area contributed by atoms with Gasteiger partial charge in [0.2, 0.25) is 6.54 Å². The molecule has 0 aliphatic carbocycles. The van der Waals surface area contributed by atoms with Gasteiger partial charge >= 0.3 is 12.0 Å². The molecule has 2 aromatic carbocycles. The lowest BCUT2D eigenvalue weighted by Crippen LogP contribution is -2.39. The first-order valence-electron chi connectivity index (χ1n) is 7.13. The Kier molecular flexibility index (Phi) is 1.28. The van der Waals surface area contributed by atoms with Gasteiger partial charge in [-0.1, -0.05) is 28.8 Å². The van der Waals surface area contributed by atoms with Gasteiger partial charge < -0.3 is 0 Å². The Balaban J connectivity index is 2.16. The van der Waals surface area contributed by atoms with Gasteiger partial charge in [-0.05, 0) is 23.2 Å². The minimum atomic E-state index is 0.992. The maximum Gasteiger partial charge on any atom is 0.433 e. The van der Waals surface area contributed by atoms with Crippen LogP contribution in [-0.2, 0) is 13.1 Å². The van der Waals surface area contributed by atoms with Gasteiger partial charge in [-0.2, -0.15) is 0 Å². The van der Waals surface area contributed by atoms with Gasteiger partial charge in [0.15, 0.2) is 6.54 Å². The zero-order chi connectivity index (χ0) is 13.0. The summed E-state index contributed by atoms with van der Waals surface area (Å²) in [5, 5.41) is 4.30. The van der Waals surface area contributed by atoms with Crippen molar-refractivity contribution in [3.05, 3.63) is 53.3 Å². The predicted octanol–water partition coefficient (Wildman–Crippen LogP) is 1.85. The molecule has 0 bridgehead atoms. The zero-order valence-electron chi connectivity index (χ0n) is 11.2. The smallest absolute Gasteiger partial charge is 0.116 e. The van der Waals surface area contributed by atoms with Crippen LogP contribution in [0.3, 0.4) is 0 Å². The molecule has 0 N–H and O–H groups in total. The number of fused-ring (bicyclic) bond motifs is 1. The van der Waals surface area contributed by atoms with Crippen molar-refractivity contribution in [2.75, 3.05) is 0 Å². The average molecular weight is 259 g/mol. The lowest BCUT2D eigenvalue weighted by atomic mass is 9.98. The lowest BCUT2D eigenvalue weighted by Gasteiger charge is -2.05. The van der Waals surface area contributed by atoms with E-state index in [-0.39, 0.29) is 0 Å². The van der Waals surface area contributed by atoms with E-state index >= 15 is 0 Å². The molecule has 2 aromatic heterocycles. The molecule has 0 saturated heterocycles. The molecule has 4 aromatic rings. The van der Waals surface area contributed by atoms with Crippen LogP contribution in [0.2, 0.25) is 0 Å². The number of hydrogen-bond acceptors (Lipinski definition) is 0. The van der Waals surface area contributed by atoms with Crippen LogP contribution >= 0.6 is 0 Å². The Morgan fingerprint density at radius 2 is 1.95 bits per heavy atom. The van der Waals surface area contributed by atoms with Gasteiger partial charge in [0, 0.05) is 21.9 Å². The first kappa shape index (κ1) is 9.48. The van der Waals surface area contributed by atoms with Crippen LogP contribution in [0.25, 0.3) is 27.3 Å². The van der Waals surface area contributed by atoms with Crippen molar-refractivity contribution in [3.8, 4) is 0 Å². The zero-order valence-corrected chi connectivity index (χ0v) is 11.2. The number of benzene rings is 2. The maximum absolute atomic E-state index is 2.43. The van der Waals surface area contributed by atoms with Gasteiger partial charge in [-0.25, -0.2) is 0 Å². The van der Waals surface area contributed by atoms with Crippen molar-refractivity contribution in [1.82, 2.24) is 4.52 Å². The van der Waals surface area contributed by atoms with Gasteiger partial charge in [0.25, 0.3) is 0 Å². The SMILES string of the molecule is Cc1ccc2c3c1c1cccc4c1c1n3[n+](c[n+]1C4)C2. The average Bonchev–Trinajstić information content (AvgIpc) is 3.06. The first-order chi connectivity index (χ1) is 9.83. The molecule has 3 nitrogen and oxygen atoms in total. The van der Waals surface area contributed by atoms with Gasteiger partial charge in [-0.15, -0.1) is 4.57 Å². The largest absolute Gasteiger partial charge is 0.433 e. The molecule has 2 aliphatic heterocycles. The maximum atomic E-state index is 2.43. The third-order valence-electron chi connectivity index (χ3n) is 5.00. The second-order valence-electron chi connectivity index (χ2n) is 6.08. The summed E-state index contributed by atoms with van der Waals surface area (Å²) in [5.74, 6) is 0. The van der Waals surface area contributed by atoms with E-state index in [4.69, 9.17) is 0 Å². The quantitative estimate of drug-likeness (QED) is 0.291. The van der Waals surface area contributed by atoms with Crippen LogP contribution in [-0.4, -0.2) is 4.52 Å². The Bertz CT molecular complexity index is 1100. The molecule has 94 valence electrons. The highest BCUT2D eigenvalue weighted by Gasteiger charge is 2.39. The van der Waals surface area contributed by atoms with Crippen LogP contribution < -0.4 is 9.25 Å². The number of aromatic nitrogens is 3. The van der Waals surface area contributed by atoms with Crippen molar-refractivity contribution in [3.63, 3.8) is 0 Å². The second kappa shape index (κ2) is 2.70. The Morgan fingerprint density at radius 3 is 2.90 bits per heavy atom. The van der Waals surface area contributed by atoms with Crippen molar-refractivity contribution < 1.29 is 9.25 Å². The van der Waals surface area contributed by atoms with E-state index in [1.54, 1.807) is 0 Å². The molecule has 2 aliphatic rings. The van der Waals surface area contributed by atoms with Crippen molar-refractivity contribution in [1.29, 1.82) is 0 Å². The fourth-order valence-electron chi connectivity index (χ4n) is 4.23. The van der Waals surface area contributed by atoms with Gasteiger partial charge in [0.05, 0.1) is 5.39 Å². The fourth-order valence-corrected chi connectivity index (χ4v) is 4.23. The monoisotopic (exact) mass is 259 g/mol. The molecular weight excluding hydrogens is 246 g/mol. The molecule has 4 heterocycles. The van der Waals surface area contributed by atoms with E-state index in [2.05, 4.69) is 57.3 Å². The molecule has 20 heavy (non-hydrogen) atoms. The number of rotatable bonds is 0. The highest BCUT2D eigenvalue weighted by Crippen LogP contribution is 2.36. The standard InChI is InChI=1S/C17H13N3/c1-10-5-6-12-8-19-9-18-7-11-3-2-4-13-14(10)16(12)20(19)17(18)15(11)13/h2-6,9H,7-8H2,1H3/q+2. The van der Waals surface area contributed by atoms with E-state index in [0.717, 1.165) is 13.1 Å². The van der Waals surface area contributed by atoms with E-state index in [9.17, 15) is 0 Å². The number of aryl methyl sites for hydroxylation is 1. The van der Waals surface area contributed by atoms with Crippen molar-refractivity contribution >= 4 is 27.3 Å². The van der Waals surface area contributed by atoms with Crippen LogP contribution in [0, 0.1) is 6.92 Å².